The van der Waals surface area contributed by atoms with Gasteiger partial charge in [0.2, 0.25) is 0 Å². The van der Waals surface area contributed by atoms with E-state index in [-0.39, 0.29) is 5.41 Å². The second-order valence-corrected chi connectivity index (χ2v) is 10.2. The molecule has 1 aromatic heterocycles. The van der Waals surface area contributed by atoms with E-state index < -0.39 is 5.97 Å². The molecule has 0 unspecified atom stereocenters. The van der Waals surface area contributed by atoms with Crippen molar-refractivity contribution < 1.29 is 9.90 Å². The van der Waals surface area contributed by atoms with Gasteiger partial charge in [0.25, 0.3) is 0 Å². The summed E-state index contributed by atoms with van der Waals surface area (Å²) in [5.41, 5.74) is 3.65. The van der Waals surface area contributed by atoms with Crippen LogP contribution in [0.2, 0.25) is 0 Å². The van der Waals surface area contributed by atoms with Crippen molar-refractivity contribution in [1.29, 1.82) is 0 Å². The third-order valence-electron chi connectivity index (χ3n) is 5.82. The number of rotatable bonds is 4. The molecule has 28 heavy (non-hydrogen) atoms. The number of hydrogen-bond donors (Lipinski definition) is 1. The Labute approximate surface area is 173 Å². The van der Waals surface area contributed by atoms with Gasteiger partial charge in [0.15, 0.2) is 0 Å². The van der Waals surface area contributed by atoms with E-state index in [0.717, 1.165) is 36.5 Å². The smallest absolute Gasteiger partial charge is 0.346 e. The van der Waals surface area contributed by atoms with Crippen molar-refractivity contribution >= 4 is 22.9 Å². The van der Waals surface area contributed by atoms with Gasteiger partial charge in [0.05, 0.1) is 4.88 Å². The number of carbonyl (C=O) groups is 1. The fraction of sp³-hybridized carbons (Fsp3) is 0.625. The number of likely N-dealkylation sites (N-methyl/N-ethyl adjacent to an activating group) is 1. The summed E-state index contributed by atoms with van der Waals surface area (Å²) in [6, 6.07) is 2.05. The molecule has 0 atom stereocenters. The predicted octanol–water partition coefficient (Wildman–Crippen LogP) is 5.90. The minimum atomic E-state index is -0.822. The number of hydrogen-bond acceptors (Lipinski definition) is 3. The third-order valence-corrected chi connectivity index (χ3v) is 6.86. The topological polar surface area (TPSA) is 40.5 Å². The van der Waals surface area contributed by atoms with Gasteiger partial charge < -0.3 is 5.11 Å². The van der Waals surface area contributed by atoms with Crippen LogP contribution in [0.25, 0.3) is 5.57 Å². The summed E-state index contributed by atoms with van der Waals surface area (Å²) in [7, 11) is 0. The fourth-order valence-electron chi connectivity index (χ4n) is 4.33. The molecule has 4 heteroatoms. The lowest BCUT2D eigenvalue weighted by Gasteiger charge is -2.35. The van der Waals surface area contributed by atoms with Crippen molar-refractivity contribution in [3.05, 3.63) is 27.0 Å². The molecule has 1 aliphatic carbocycles. The van der Waals surface area contributed by atoms with Crippen LogP contribution in [0.1, 0.15) is 86.3 Å². The highest BCUT2D eigenvalue weighted by molar-refractivity contribution is 7.14. The molecule has 1 aliphatic heterocycles. The molecule has 152 valence electrons. The normalized spacial score (nSPS) is 19.4. The van der Waals surface area contributed by atoms with E-state index >= 15 is 0 Å². The van der Waals surface area contributed by atoms with E-state index in [2.05, 4.69) is 44.4 Å². The summed E-state index contributed by atoms with van der Waals surface area (Å²) >= 11 is 1.34. The van der Waals surface area contributed by atoms with E-state index in [1.807, 2.05) is 6.07 Å². The minimum Gasteiger partial charge on any atom is -0.477 e. The quantitative estimate of drug-likeness (QED) is 0.641. The molecular formula is C24H33NO2S. The molecule has 2 aliphatic rings. The molecule has 0 bridgehead atoms. The van der Waals surface area contributed by atoms with Crippen LogP contribution in [0.3, 0.4) is 0 Å². The Morgan fingerprint density at radius 1 is 1.29 bits per heavy atom. The predicted molar refractivity (Wildman–Crippen MR) is 118 cm³/mol. The van der Waals surface area contributed by atoms with Crippen molar-refractivity contribution in [3.63, 3.8) is 0 Å². The lowest BCUT2D eigenvalue weighted by molar-refractivity contribution is 0.0702. The van der Waals surface area contributed by atoms with E-state index in [9.17, 15) is 9.90 Å². The Balaban J connectivity index is 2.06. The molecule has 1 fully saturated rings. The highest BCUT2D eigenvalue weighted by Gasteiger charge is 2.29. The zero-order valence-electron chi connectivity index (χ0n) is 17.7. The number of carboxylic acids is 1. The first-order valence-electron chi connectivity index (χ1n) is 10.6. The number of carboxylic acid groups (broad SMARTS) is 1. The average molecular weight is 400 g/mol. The third kappa shape index (κ3) is 5.07. The number of nitrogens with zero attached hydrogens (tertiary/aromatic N) is 1. The maximum atomic E-state index is 12.0. The summed E-state index contributed by atoms with van der Waals surface area (Å²) in [5, 5.41) is 9.86. The molecular weight excluding hydrogens is 366 g/mol. The van der Waals surface area contributed by atoms with Gasteiger partial charge in [-0.2, -0.15) is 0 Å². The molecule has 1 saturated carbocycles. The first-order chi connectivity index (χ1) is 13.3. The van der Waals surface area contributed by atoms with Crippen LogP contribution in [0.4, 0.5) is 0 Å². The van der Waals surface area contributed by atoms with Crippen LogP contribution < -0.4 is 0 Å². The molecule has 0 spiro atoms. The highest BCUT2D eigenvalue weighted by Crippen LogP contribution is 2.41. The highest BCUT2D eigenvalue weighted by atomic mass is 32.1. The fourth-order valence-corrected chi connectivity index (χ4v) is 5.21. The Bertz CT molecular complexity index is 810. The monoisotopic (exact) mass is 399 g/mol. The van der Waals surface area contributed by atoms with Crippen molar-refractivity contribution in [2.24, 2.45) is 11.3 Å². The van der Waals surface area contributed by atoms with Crippen LogP contribution >= 0.6 is 11.3 Å². The van der Waals surface area contributed by atoms with Crippen LogP contribution in [0, 0.1) is 23.2 Å². The first-order valence-corrected chi connectivity index (χ1v) is 11.4. The van der Waals surface area contributed by atoms with Crippen molar-refractivity contribution in [3.8, 4) is 11.8 Å². The molecule has 0 aromatic carbocycles. The Kier molecular flexibility index (Phi) is 6.68. The van der Waals surface area contributed by atoms with Gasteiger partial charge in [0.1, 0.15) is 4.88 Å². The second kappa shape index (κ2) is 8.84. The first kappa shape index (κ1) is 21.1. The van der Waals surface area contributed by atoms with E-state index in [1.54, 1.807) is 0 Å². The summed E-state index contributed by atoms with van der Waals surface area (Å²) in [6.07, 6.45) is 7.38. The second-order valence-electron chi connectivity index (χ2n) is 9.12. The van der Waals surface area contributed by atoms with Gasteiger partial charge in [-0.1, -0.05) is 38.0 Å². The molecule has 0 saturated heterocycles. The molecule has 2 heterocycles. The standard InChI is InChI=1S/C24H33NO2S/c1-5-25-14-12-19(21(16-25)17-9-7-6-8-10-17)20-15-18(11-13-24(2,3)4)28-22(20)23(26)27/h15,17H,5-10,12,14,16H2,1-4H3,(H,26,27). The molecule has 1 aromatic rings. The van der Waals surface area contributed by atoms with Gasteiger partial charge in [-0.25, -0.2) is 4.79 Å². The van der Waals surface area contributed by atoms with Gasteiger partial charge in [-0.05, 0) is 69.7 Å². The average Bonchev–Trinajstić information content (AvgIpc) is 3.10. The number of thiophene rings is 1. The zero-order chi connectivity index (χ0) is 20.3. The summed E-state index contributed by atoms with van der Waals surface area (Å²) < 4.78 is 0. The van der Waals surface area contributed by atoms with Crippen LogP contribution in [0.15, 0.2) is 11.6 Å². The lowest BCUT2D eigenvalue weighted by Crippen LogP contribution is -2.34. The van der Waals surface area contributed by atoms with Gasteiger partial charge >= 0.3 is 5.97 Å². The Morgan fingerprint density at radius 3 is 2.61 bits per heavy atom. The minimum absolute atomic E-state index is 0.0907. The van der Waals surface area contributed by atoms with Crippen molar-refractivity contribution in [1.82, 2.24) is 4.90 Å². The summed E-state index contributed by atoms with van der Waals surface area (Å²) in [4.78, 5) is 15.8. The van der Waals surface area contributed by atoms with Crippen LogP contribution in [-0.2, 0) is 0 Å². The Hall–Kier alpha value is -1.57. The molecule has 0 amide bonds. The van der Waals surface area contributed by atoms with E-state index in [1.165, 1.54) is 54.6 Å². The number of aromatic carboxylic acids is 1. The van der Waals surface area contributed by atoms with Gasteiger partial charge in [-0.15, -0.1) is 11.3 Å². The Morgan fingerprint density at radius 2 is 2.00 bits per heavy atom. The maximum absolute atomic E-state index is 12.0. The van der Waals surface area contributed by atoms with Gasteiger partial charge in [-0.3, -0.25) is 4.90 Å². The van der Waals surface area contributed by atoms with E-state index in [4.69, 9.17) is 0 Å². The largest absolute Gasteiger partial charge is 0.477 e. The summed E-state index contributed by atoms with van der Waals surface area (Å²) in [5.74, 6) is 6.27. The van der Waals surface area contributed by atoms with Crippen LogP contribution in [0.5, 0.6) is 0 Å². The van der Waals surface area contributed by atoms with Crippen molar-refractivity contribution in [2.45, 2.75) is 66.2 Å². The zero-order valence-corrected chi connectivity index (χ0v) is 18.5. The molecule has 0 radical (unpaired) electrons. The van der Waals surface area contributed by atoms with Gasteiger partial charge in [0, 0.05) is 24.1 Å². The maximum Gasteiger partial charge on any atom is 0.346 e. The summed E-state index contributed by atoms with van der Waals surface area (Å²) in [6.45, 7) is 11.5. The molecule has 3 rings (SSSR count). The molecule has 1 N–H and O–H groups in total. The lowest BCUT2D eigenvalue weighted by atomic mass is 9.78. The van der Waals surface area contributed by atoms with E-state index in [0.29, 0.717) is 10.8 Å². The van der Waals surface area contributed by atoms with Crippen molar-refractivity contribution in [2.75, 3.05) is 19.6 Å². The molecule has 3 nitrogen and oxygen atoms in total. The SMILES string of the molecule is CCN1CCC(c2cc(C#CC(C)(C)C)sc2C(=O)O)=C(C2CCCCC2)C1. The van der Waals surface area contributed by atoms with Crippen LogP contribution in [-0.4, -0.2) is 35.6 Å².